The quantitative estimate of drug-likeness (QED) is 0.304. The number of hydrazine groups is 1. The van der Waals surface area contributed by atoms with Crippen LogP contribution >= 0.6 is 0 Å². The zero-order valence-electron chi connectivity index (χ0n) is 13.2. The first-order valence-corrected chi connectivity index (χ1v) is 8.46. The SMILES string of the molecule is C=CCCCCCC(NN)C1(c2ccccc2)CCCC1. The molecule has 21 heavy (non-hydrogen) atoms. The maximum absolute atomic E-state index is 5.95. The molecule has 1 fully saturated rings. The van der Waals surface area contributed by atoms with Gasteiger partial charge in [0.1, 0.15) is 0 Å². The third-order valence-corrected chi connectivity index (χ3v) is 5.11. The summed E-state index contributed by atoms with van der Waals surface area (Å²) in [7, 11) is 0. The van der Waals surface area contributed by atoms with Gasteiger partial charge >= 0.3 is 0 Å². The van der Waals surface area contributed by atoms with Crippen LogP contribution < -0.4 is 11.3 Å². The Bertz CT molecular complexity index is 407. The average molecular weight is 286 g/mol. The highest BCUT2D eigenvalue weighted by Gasteiger charge is 2.41. The molecule has 1 aromatic carbocycles. The largest absolute Gasteiger partial charge is 0.271 e. The van der Waals surface area contributed by atoms with E-state index in [0.717, 1.165) is 6.42 Å². The molecule has 3 N–H and O–H groups in total. The Labute approximate surface area is 129 Å². The van der Waals surface area contributed by atoms with Gasteiger partial charge in [0.2, 0.25) is 0 Å². The zero-order valence-corrected chi connectivity index (χ0v) is 13.2. The monoisotopic (exact) mass is 286 g/mol. The molecule has 2 heteroatoms. The van der Waals surface area contributed by atoms with Crippen molar-refractivity contribution in [1.82, 2.24) is 5.43 Å². The van der Waals surface area contributed by atoms with Crippen LogP contribution in [0.5, 0.6) is 0 Å². The molecule has 116 valence electrons. The predicted octanol–water partition coefficient (Wildman–Crippen LogP) is 4.47. The molecule has 1 aromatic rings. The van der Waals surface area contributed by atoms with Gasteiger partial charge in [0.25, 0.3) is 0 Å². The second kappa shape index (κ2) is 8.35. The van der Waals surface area contributed by atoms with Crippen molar-refractivity contribution in [3.63, 3.8) is 0 Å². The second-order valence-corrected chi connectivity index (χ2v) is 6.38. The van der Waals surface area contributed by atoms with Crippen LogP contribution in [0.2, 0.25) is 0 Å². The lowest BCUT2D eigenvalue weighted by Crippen LogP contribution is -2.50. The standard InChI is InChI=1S/C19H30N2/c1-2-3-4-5-9-14-18(21-20)19(15-10-11-16-19)17-12-7-6-8-13-17/h2,6-8,12-13,18,21H,1,3-5,9-11,14-16,20H2. The fourth-order valence-electron chi connectivity index (χ4n) is 3.95. The number of hydrogen-bond donors (Lipinski definition) is 2. The van der Waals surface area contributed by atoms with E-state index in [9.17, 15) is 0 Å². The van der Waals surface area contributed by atoms with Gasteiger partial charge in [-0.1, -0.05) is 62.1 Å². The summed E-state index contributed by atoms with van der Waals surface area (Å²) < 4.78 is 0. The lowest BCUT2D eigenvalue weighted by molar-refractivity contribution is 0.277. The van der Waals surface area contributed by atoms with Crippen molar-refractivity contribution < 1.29 is 0 Å². The minimum atomic E-state index is 0.244. The van der Waals surface area contributed by atoms with Crippen LogP contribution in [0.15, 0.2) is 43.0 Å². The Balaban J connectivity index is 2.03. The summed E-state index contributed by atoms with van der Waals surface area (Å²) in [5, 5.41) is 0. The molecule has 0 heterocycles. The highest BCUT2D eigenvalue weighted by atomic mass is 15.2. The van der Waals surface area contributed by atoms with Crippen LogP contribution in [0.3, 0.4) is 0 Å². The van der Waals surface area contributed by atoms with Gasteiger partial charge < -0.3 is 0 Å². The first kappa shape index (κ1) is 16.3. The third kappa shape index (κ3) is 3.96. The molecule has 1 unspecified atom stereocenters. The van der Waals surface area contributed by atoms with Crippen molar-refractivity contribution in [1.29, 1.82) is 0 Å². The van der Waals surface area contributed by atoms with Gasteiger partial charge in [-0.25, -0.2) is 0 Å². The predicted molar refractivity (Wildman–Crippen MR) is 91.0 cm³/mol. The maximum Gasteiger partial charge on any atom is 0.0307 e. The number of nitrogens with one attached hydrogen (secondary N) is 1. The molecule has 0 aromatic heterocycles. The van der Waals surface area contributed by atoms with E-state index < -0.39 is 0 Å². The Morgan fingerprint density at radius 1 is 1.14 bits per heavy atom. The summed E-state index contributed by atoms with van der Waals surface area (Å²) in [5.41, 5.74) is 4.87. The third-order valence-electron chi connectivity index (χ3n) is 5.11. The highest BCUT2D eigenvalue weighted by Crippen LogP contribution is 2.44. The molecular formula is C19H30N2. The minimum Gasteiger partial charge on any atom is -0.271 e. The molecule has 0 bridgehead atoms. The van der Waals surface area contributed by atoms with E-state index in [1.165, 1.54) is 56.9 Å². The second-order valence-electron chi connectivity index (χ2n) is 6.38. The normalized spacial score (nSPS) is 18.5. The van der Waals surface area contributed by atoms with Crippen LogP contribution in [0, 0.1) is 0 Å². The number of nitrogens with two attached hydrogens (primary N) is 1. The van der Waals surface area contributed by atoms with E-state index in [4.69, 9.17) is 5.84 Å². The molecule has 1 aliphatic rings. The lowest BCUT2D eigenvalue weighted by Gasteiger charge is -2.38. The molecule has 0 saturated heterocycles. The summed E-state index contributed by atoms with van der Waals surface area (Å²) in [6.45, 7) is 3.79. The Kier molecular flexibility index (Phi) is 6.47. The Hall–Kier alpha value is -1.12. The molecule has 1 atom stereocenters. The fourth-order valence-corrected chi connectivity index (χ4v) is 3.95. The van der Waals surface area contributed by atoms with E-state index in [0.29, 0.717) is 6.04 Å². The van der Waals surface area contributed by atoms with Gasteiger partial charge in [0, 0.05) is 11.5 Å². The van der Waals surface area contributed by atoms with Crippen molar-refractivity contribution in [2.75, 3.05) is 0 Å². The number of allylic oxidation sites excluding steroid dienone is 1. The Morgan fingerprint density at radius 3 is 2.48 bits per heavy atom. The van der Waals surface area contributed by atoms with Crippen LogP contribution in [0.4, 0.5) is 0 Å². The number of rotatable bonds is 9. The summed E-state index contributed by atoms with van der Waals surface area (Å²) in [6, 6.07) is 11.4. The number of benzene rings is 1. The van der Waals surface area contributed by atoms with E-state index >= 15 is 0 Å². The summed E-state index contributed by atoms with van der Waals surface area (Å²) >= 11 is 0. The van der Waals surface area contributed by atoms with Crippen molar-refractivity contribution >= 4 is 0 Å². The van der Waals surface area contributed by atoms with Crippen molar-refractivity contribution in [2.45, 2.75) is 69.2 Å². The molecule has 0 radical (unpaired) electrons. The van der Waals surface area contributed by atoms with Gasteiger partial charge in [0.05, 0.1) is 0 Å². The van der Waals surface area contributed by atoms with Crippen LogP contribution in [0.25, 0.3) is 0 Å². The van der Waals surface area contributed by atoms with Gasteiger partial charge in [-0.3, -0.25) is 11.3 Å². The van der Waals surface area contributed by atoms with Gasteiger partial charge in [-0.05, 0) is 37.7 Å². The molecule has 2 nitrogen and oxygen atoms in total. The van der Waals surface area contributed by atoms with Crippen molar-refractivity contribution in [3.05, 3.63) is 48.6 Å². The molecule has 1 saturated carbocycles. The topological polar surface area (TPSA) is 38.0 Å². The zero-order chi connectivity index (χ0) is 15.0. The van der Waals surface area contributed by atoms with Crippen LogP contribution in [-0.2, 0) is 5.41 Å². The molecular weight excluding hydrogens is 256 g/mol. The van der Waals surface area contributed by atoms with Crippen LogP contribution in [-0.4, -0.2) is 6.04 Å². The smallest absolute Gasteiger partial charge is 0.0307 e. The van der Waals surface area contributed by atoms with Gasteiger partial charge in [0.15, 0.2) is 0 Å². The first-order chi connectivity index (χ1) is 10.3. The first-order valence-electron chi connectivity index (χ1n) is 8.46. The summed E-state index contributed by atoms with van der Waals surface area (Å²) in [4.78, 5) is 0. The minimum absolute atomic E-state index is 0.244. The highest BCUT2D eigenvalue weighted by molar-refractivity contribution is 5.29. The van der Waals surface area contributed by atoms with Crippen molar-refractivity contribution in [3.8, 4) is 0 Å². The number of unbranched alkanes of at least 4 members (excludes halogenated alkanes) is 3. The van der Waals surface area contributed by atoms with Crippen LogP contribution in [0.1, 0.15) is 63.4 Å². The molecule has 1 aliphatic carbocycles. The van der Waals surface area contributed by atoms with Gasteiger partial charge in [-0.15, -0.1) is 6.58 Å². The Morgan fingerprint density at radius 2 is 1.86 bits per heavy atom. The van der Waals surface area contributed by atoms with Gasteiger partial charge in [-0.2, -0.15) is 0 Å². The average Bonchev–Trinajstić information content (AvgIpc) is 3.02. The summed E-state index contributed by atoms with van der Waals surface area (Å²) in [6.07, 6.45) is 13.3. The molecule has 2 rings (SSSR count). The maximum atomic E-state index is 5.95. The van der Waals surface area contributed by atoms with Crippen molar-refractivity contribution in [2.24, 2.45) is 5.84 Å². The molecule has 0 aliphatic heterocycles. The molecule has 0 amide bonds. The number of hydrogen-bond acceptors (Lipinski definition) is 2. The fraction of sp³-hybridized carbons (Fsp3) is 0.579. The van der Waals surface area contributed by atoms with E-state index in [1.807, 2.05) is 6.08 Å². The van der Waals surface area contributed by atoms with E-state index in [-0.39, 0.29) is 5.41 Å². The molecule has 0 spiro atoms. The van der Waals surface area contributed by atoms with E-state index in [1.54, 1.807) is 0 Å². The van der Waals surface area contributed by atoms with E-state index in [2.05, 4.69) is 42.3 Å². The lowest BCUT2D eigenvalue weighted by atomic mass is 9.71. The summed E-state index contributed by atoms with van der Waals surface area (Å²) in [5.74, 6) is 5.95.